The molecule has 0 saturated carbocycles. The number of aromatic nitrogens is 5. The fraction of sp³-hybridized carbons (Fsp3) is 0.417. The predicted octanol–water partition coefficient (Wildman–Crippen LogP) is 6.06. The molecule has 0 spiro atoms. The second-order valence-electron chi connectivity index (χ2n) is 8.30. The molecule has 0 aliphatic heterocycles. The Morgan fingerprint density at radius 2 is 1.88 bits per heavy atom. The van der Waals surface area contributed by atoms with Crippen LogP contribution in [-0.2, 0) is 11.3 Å². The minimum atomic E-state index is -2.73. The lowest BCUT2D eigenvalue weighted by molar-refractivity contribution is -0.119. The van der Waals surface area contributed by atoms with Gasteiger partial charge in [0.15, 0.2) is 0 Å². The summed E-state index contributed by atoms with van der Waals surface area (Å²) in [4.78, 5) is 16.5. The largest absolute Gasteiger partial charge is 0.361 e. The van der Waals surface area contributed by atoms with Gasteiger partial charge in [-0.15, -0.1) is 0 Å². The number of halogens is 3. The molecule has 0 aromatic carbocycles. The van der Waals surface area contributed by atoms with E-state index in [-0.39, 0.29) is 18.6 Å². The molecule has 0 bridgehead atoms. The molecule has 0 amide bonds. The number of carbonyl (C=O) groups excluding carboxylic acids is 1. The lowest BCUT2D eigenvalue weighted by atomic mass is 10.1. The molecule has 4 aromatic heterocycles. The number of Topliss-reactive ketones (excluding diaryl/α,β-unsaturated/α-hetero) is 1. The third-order valence-electron chi connectivity index (χ3n) is 5.85. The topological polar surface area (TPSA) is 78.7 Å². The van der Waals surface area contributed by atoms with E-state index in [0.29, 0.717) is 46.5 Å². The molecule has 10 heteroatoms. The molecule has 0 saturated heterocycles. The minimum Gasteiger partial charge on any atom is -0.361 e. The van der Waals surface area contributed by atoms with Crippen LogP contribution in [-0.4, -0.2) is 36.9 Å². The molecule has 180 valence electrons. The van der Waals surface area contributed by atoms with Crippen LogP contribution in [0, 0.1) is 13.8 Å². The molecule has 0 atom stereocenters. The zero-order valence-corrected chi connectivity index (χ0v) is 19.1. The highest BCUT2D eigenvalue weighted by Crippen LogP contribution is 2.34. The SMILES string of the molecule is Cc1noc(C)c1-c1cnc2c(-c3cnn(C(F)F)c3)cn(CCCCC(=O)CCCF)c2c1. The van der Waals surface area contributed by atoms with E-state index in [2.05, 4.69) is 15.2 Å². The minimum absolute atomic E-state index is 0.0671. The molecule has 4 aromatic rings. The van der Waals surface area contributed by atoms with Crippen molar-refractivity contribution in [2.75, 3.05) is 6.67 Å². The zero-order valence-electron chi connectivity index (χ0n) is 19.1. The Labute approximate surface area is 194 Å². The summed E-state index contributed by atoms with van der Waals surface area (Å²) in [6.45, 7) is 1.10. The van der Waals surface area contributed by atoms with Crippen LogP contribution in [0.1, 0.15) is 50.1 Å². The van der Waals surface area contributed by atoms with E-state index in [9.17, 15) is 18.0 Å². The van der Waals surface area contributed by atoms with Gasteiger partial charge in [-0.2, -0.15) is 13.9 Å². The van der Waals surface area contributed by atoms with E-state index in [1.807, 2.05) is 30.7 Å². The van der Waals surface area contributed by atoms with E-state index in [1.165, 1.54) is 12.4 Å². The predicted molar refractivity (Wildman–Crippen MR) is 121 cm³/mol. The van der Waals surface area contributed by atoms with Gasteiger partial charge in [0.25, 0.3) is 0 Å². The van der Waals surface area contributed by atoms with Gasteiger partial charge >= 0.3 is 6.55 Å². The highest BCUT2D eigenvalue weighted by atomic mass is 19.3. The van der Waals surface area contributed by atoms with Gasteiger partial charge in [0.05, 0.1) is 29.6 Å². The average molecular weight is 473 g/mol. The molecule has 0 unspecified atom stereocenters. The number of hydrogen-bond donors (Lipinski definition) is 0. The summed E-state index contributed by atoms with van der Waals surface area (Å²) < 4.78 is 46.3. The number of rotatable bonds is 11. The third kappa shape index (κ3) is 4.90. The maximum Gasteiger partial charge on any atom is 0.333 e. The van der Waals surface area contributed by atoms with Crippen molar-refractivity contribution in [3.63, 3.8) is 0 Å². The Morgan fingerprint density at radius 3 is 2.56 bits per heavy atom. The van der Waals surface area contributed by atoms with Crippen molar-refractivity contribution in [3.8, 4) is 22.3 Å². The standard InChI is InChI=1S/C24H26F3N5O2/c1-15-22(16(2)34-30-15)17-10-21-23(28-11-17)20(18-12-29-32(13-18)24(26)27)14-31(21)9-4-3-6-19(33)7-5-8-25/h10-14,24H,3-9H2,1-2H3. The first-order valence-corrected chi connectivity index (χ1v) is 11.2. The van der Waals surface area contributed by atoms with Crippen LogP contribution in [0.25, 0.3) is 33.3 Å². The van der Waals surface area contributed by atoms with Crippen LogP contribution >= 0.6 is 0 Å². The fourth-order valence-corrected chi connectivity index (χ4v) is 4.17. The van der Waals surface area contributed by atoms with E-state index in [1.54, 1.807) is 6.20 Å². The summed E-state index contributed by atoms with van der Waals surface area (Å²) in [5, 5.41) is 7.77. The van der Waals surface area contributed by atoms with Crippen LogP contribution in [0.2, 0.25) is 0 Å². The monoisotopic (exact) mass is 473 g/mol. The number of alkyl halides is 3. The van der Waals surface area contributed by atoms with Gasteiger partial charge in [0.1, 0.15) is 11.5 Å². The molecular formula is C24H26F3N5O2. The molecular weight excluding hydrogens is 447 g/mol. The van der Waals surface area contributed by atoms with Crippen LogP contribution in [0.15, 0.2) is 35.4 Å². The van der Waals surface area contributed by atoms with E-state index >= 15 is 0 Å². The van der Waals surface area contributed by atoms with Gasteiger partial charge in [-0.1, -0.05) is 5.16 Å². The quantitative estimate of drug-likeness (QED) is 0.248. The molecule has 4 heterocycles. The first kappa shape index (κ1) is 23.7. The first-order chi connectivity index (χ1) is 16.4. The van der Waals surface area contributed by atoms with Crippen LogP contribution in [0.3, 0.4) is 0 Å². The summed E-state index contributed by atoms with van der Waals surface area (Å²) in [5.41, 5.74) is 5.22. The number of unbranched alkanes of at least 4 members (excludes halogenated alkanes) is 1. The van der Waals surface area contributed by atoms with Crippen LogP contribution in [0.4, 0.5) is 13.2 Å². The highest BCUT2D eigenvalue weighted by Gasteiger charge is 2.18. The average Bonchev–Trinajstić information content (AvgIpc) is 3.52. The lowest BCUT2D eigenvalue weighted by Gasteiger charge is -2.07. The zero-order chi connectivity index (χ0) is 24.2. The second-order valence-corrected chi connectivity index (χ2v) is 8.30. The summed E-state index contributed by atoms with van der Waals surface area (Å²) in [7, 11) is 0. The smallest absolute Gasteiger partial charge is 0.333 e. The number of ketones is 1. The van der Waals surface area contributed by atoms with Gasteiger partial charge in [-0.25, -0.2) is 4.68 Å². The number of pyridine rings is 1. The van der Waals surface area contributed by atoms with Gasteiger partial charge in [0.2, 0.25) is 0 Å². The second kappa shape index (κ2) is 10.2. The Kier molecular flexibility index (Phi) is 7.14. The van der Waals surface area contributed by atoms with Gasteiger partial charge < -0.3 is 9.09 Å². The van der Waals surface area contributed by atoms with Crippen molar-refractivity contribution in [2.24, 2.45) is 0 Å². The Morgan fingerprint density at radius 1 is 1.09 bits per heavy atom. The van der Waals surface area contributed by atoms with E-state index in [0.717, 1.165) is 28.8 Å². The molecule has 0 N–H and O–H groups in total. The molecule has 34 heavy (non-hydrogen) atoms. The first-order valence-electron chi connectivity index (χ1n) is 11.2. The highest BCUT2D eigenvalue weighted by molar-refractivity contribution is 5.94. The maximum atomic E-state index is 13.1. The van der Waals surface area contributed by atoms with Crippen molar-refractivity contribution < 1.29 is 22.5 Å². The Balaban J connectivity index is 1.65. The van der Waals surface area contributed by atoms with Crippen LogP contribution in [0.5, 0.6) is 0 Å². The van der Waals surface area contributed by atoms with Crippen molar-refractivity contribution in [1.82, 2.24) is 24.5 Å². The summed E-state index contributed by atoms with van der Waals surface area (Å²) in [5.74, 6) is 0.749. The van der Waals surface area contributed by atoms with Crippen LogP contribution < -0.4 is 0 Å². The summed E-state index contributed by atoms with van der Waals surface area (Å²) >= 11 is 0. The van der Waals surface area contributed by atoms with Crippen molar-refractivity contribution >= 4 is 16.8 Å². The molecule has 0 fully saturated rings. The van der Waals surface area contributed by atoms with E-state index < -0.39 is 13.2 Å². The lowest BCUT2D eigenvalue weighted by Crippen LogP contribution is -2.01. The third-order valence-corrected chi connectivity index (χ3v) is 5.85. The normalized spacial score (nSPS) is 11.7. The number of hydrogen-bond acceptors (Lipinski definition) is 5. The Hall–Kier alpha value is -3.43. The molecule has 0 aliphatic carbocycles. The maximum absolute atomic E-state index is 13.1. The molecule has 4 rings (SSSR count). The number of fused-ring (bicyclic) bond motifs is 1. The van der Waals surface area contributed by atoms with E-state index in [4.69, 9.17) is 4.52 Å². The fourth-order valence-electron chi connectivity index (χ4n) is 4.17. The summed E-state index contributed by atoms with van der Waals surface area (Å²) in [6.07, 6.45) is 8.68. The Bertz CT molecular complexity index is 1270. The number of aryl methyl sites for hydroxylation is 3. The van der Waals surface area contributed by atoms with Crippen molar-refractivity contribution in [1.29, 1.82) is 0 Å². The molecule has 0 aliphatic rings. The number of carbonyl (C=O) groups is 1. The molecule has 7 nitrogen and oxygen atoms in total. The number of nitrogens with zero attached hydrogens (tertiary/aromatic N) is 5. The van der Waals surface area contributed by atoms with Crippen molar-refractivity contribution in [3.05, 3.63) is 42.3 Å². The van der Waals surface area contributed by atoms with Gasteiger partial charge in [-0.05, 0) is 39.2 Å². The van der Waals surface area contributed by atoms with Gasteiger partial charge in [-0.3, -0.25) is 14.2 Å². The van der Waals surface area contributed by atoms with Gasteiger partial charge in [0, 0.05) is 60.2 Å². The van der Waals surface area contributed by atoms with Crippen molar-refractivity contribution in [2.45, 2.75) is 59.0 Å². The molecule has 0 radical (unpaired) electrons. The summed E-state index contributed by atoms with van der Waals surface area (Å²) in [6, 6.07) is 1.99.